The number of nitrogens with zero attached hydrogens (tertiary/aromatic N) is 4. The molecule has 2 heterocycles. The summed E-state index contributed by atoms with van der Waals surface area (Å²) in [5.74, 6) is 1.41. The van der Waals surface area contributed by atoms with Crippen molar-refractivity contribution in [1.29, 1.82) is 0 Å². The SMILES string of the molecule is COc1ccc(-n2c(SCc3c(F)cccc3Cl)nnc2-c2ccncc2)cc1. The largest absolute Gasteiger partial charge is 0.497 e. The summed E-state index contributed by atoms with van der Waals surface area (Å²) in [5.41, 5.74) is 2.18. The highest BCUT2D eigenvalue weighted by atomic mass is 35.5. The quantitative estimate of drug-likeness (QED) is 0.385. The highest BCUT2D eigenvalue weighted by Crippen LogP contribution is 2.32. The van der Waals surface area contributed by atoms with Gasteiger partial charge in [-0.25, -0.2) is 4.39 Å². The molecule has 0 fully saturated rings. The number of hydrogen-bond acceptors (Lipinski definition) is 5. The summed E-state index contributed by atoms with van der Waals surface area (Å²) in [6.45, 7) is 0. The Balaban J connectivity index is 1.74. The molecule has 0 radical (unpaired) electrons. The maximum Gasteiger partial charge on any atom is 0.196 e. The van der Waals surface area contributed by atoms with Gasteiger partial charge in [-0.1, -0.05) is 29.4 Å². The second-order valence-corrected chi connectivity index (χ2v) is 7.41. The molecule has 146 valence electrons. The summed E-state index contributed by atoms with van der Waals surface area (Å²) >= 11 is 7.54. The molecule has 0 aliphatic carbocycles. The van der Waals surface area contributed by atoms with Gasteiger partial charge in [0.2, 0.25) is 0 Å². The van der Waals surface area contributed by atoms with Gasteiger partial charge in [-0.2, -0.15) is 0 Å². The first-order valence-electron chi connectivity index (χ1n) is 8.73. The number of ether oxygens (including phenoxy) is 1. The second-order valence-electron chi connectivity index (χ2n) is 6.06. The molecule has 0 unspecified atom stereocenters. The summed E-state index contributed by atoms with van der Waals surface area (Å²) in [4.78, 5) is 4.06. The monoisotopic (exact) mass is 426 g/mol. The first kappa shape index (κ1) is 19.4. The number of pyridine rings is 1. The van der Waals surface area contributed by atoms with Crippen molar-refractivity contribution in [3.63, 3.8) is 0 Å². The molecule has 4 rings (SSSR count). The molecule has 0 aliphatic heterocycles. The van der Waals surface area contributed by atoms with Crippen LogP contribution in [0.2, 0.25) is 5.02 Å². The highest BCUT2D eigenvalue weighted by Gasteiger charge is 2.17. The fraction of sp³-hybridized carbons (Fsp3) is 0.0952. The zero-order valence-electron chi connectivity index (χ0n) is 15.4. The van der Waals surface area contributed by atoms with Gasteiger partial charge in [-0.05, 0) is 48.5 Å². The first-order chi connectivity index (χ1) is 14.2. The Hall–Kier alpha value is -2.90. The van der Waals surface area contributed by atoms with E-state index in [0.29, 0.717) is 27.3 Å². The molecule has 0 aliphatic rings. The van der Waals surface area contributed by atoms with E-state index >= 15 is 0 Å². The Morgan fingerprint density at radius 2 is 1.79 bits per heavy atom. The molecule has 0 saturated carbocycles. The predicted molar refractivity (Wildman–Crippen MR) is 112 cm³/mol. The van der Waals surface area contributed by atoms with E-state index in [1.54, 1.807) is 31.6 Å². The molecule has 0 saturated heterocycles. The van der Waals surface area contributed by atoms with Gasteiger partial charge in [0, 0.05) is 40.0 Å². The Morgan fingerprint density at radius 1 is 1.03 bits per heavy atom. The molecule has 0 amide bonds. The van der Waals surface area contributed by atoms with Crippen LogP contribution in [-0.2, 0) is 5.75 Å². The lowest BCUT2D eigenvalue weighted by atomic mass is 10.2. The second kappa shape index (κ2) is 8.63. The lowest BCUT2D eigenvalue weighted by Gasteiger charge is -2.11. The van der Waals surface area contributed by atoms with Crippen LogP contribution in [0.15, 0.2) is 72.1 Å². The van der Waals surface area contributed by atoms with Crippen LogP contribution in [0.5, 0.6) is 5.75 Å². The molecular weight excluding hydrogens is 411 g/mol. The summed E-state index contributed by atoms with van der Waals surface area (Å²) in [7, 11) is 1.62. The third-order valence-corrected chi connectivity index (χ3v) is 5.62. The van der Waals surface area contributed by atoms with Crippen molar-refractivity contribution in [2.75, 3.05) is 7.11 Å². The molecule has 2 aromatic carbocycles. The number of thioether (sulfide) groups is 1. The van der Waals surface area contributed by atoms with Crippen molar-refractivity contribution >= 4 is 23.4 Å². The van der Waals surface area contributed by atoms with E-state index in [2.05, 4.69) is 15.2 Å². The van der Waals surface area contributed by atoms with Crippen LogP contribution in [0.4, 0.5) is 4.39 Å². The molecular formula is C21H16ClFN4OS. The van der Waals surface area contributed by atoms with Crippen LogP contribution >= 0.6 is 23.4 Å². The molecule has 0 atom stereocenters. The van der Waals surface area contributed by atoms with E-state index in [0.717, 1.165) is 17.0 Å². The predicted octanol–water partition coefficient (Wildman–Crippen LogP) is 5.42. The van der Waals surface area contributed by atoms with Crippen LogP contribution in [-0.4, -0.2) is 26.9 Å². The Morgan fingerprint density at radius 3 is 2.48 bits per heavy atom. The number of halogens is 2. The molecule has 0 spiro atoms. The van der Waals surface area contributed by atoms with Gasteiger partial charge < -0.3 is 4.74 Å². The van der Waals surface area contributed by atoms with Gasteiger partial charge in [-0.15, -0.1) is 10.2 Å². The molecule has 2 aromatic heterocycles. The highest BCUT2D eigenvalue weighted by molar-refractivity contribution is 7.98. The zero-order chi connectivity index (χ0) is 20.2. The zero-order valence-corrected chi connectivity index (χ0v) is 17.0. The average molecular weight is 427 g/mol. The van der Waals surface area contributed by atoms with Crippen LogP contribution in [0.25, 0.3) is 17.1 Å². The smallest absolute Gasteiger partial charge is 0.196 e. The van der Waals surface area contributed by atoms with Gasteiger partial charge >= 0.3 is 0 Å². The number of hydrogen-bond donors (Lipinski definition) is 0. The van der Waals surface area contributed by atoms with Crippen molar-refractivity contribution in [3.05, 3.63) is 83.4 Å². The lowest BCUT2D eigenvalue weighted by Crippen LogP contribution is -2.00. The Kier molecular flexibility index (Phi) is 5.78. The molecule has 4 aromatic rings. The van der Waals surface area contributed by atoms with Gasteiger partial charge in [0.05, 0.1) is 7.11 Å². The summed E-state index contributed by atoms with van der Waals surface area (Å²) in [6.07, 6.45) is 3.41. The van der Waals surface area contributed by atoms with Gasteiger partial charge in [0.1, 0.15) is 11.6 Å². The fourth-order valence-corrected chi connectivity index (χ4v) is 4.12. The topological polar surface area (TPSA) is 52.8 Å². The normalized spacial score (nSPS) is 10.9. The summed E-state index contributed by atoms with van der Waals surface area (Å²) in [5, 5.41) is 9.73. The molecule has 8 heteroatoms. The van der Waals surface area contributed by atoms with Crippen molar-refractivity contribution in [1.82, 2.24) is 19.7 Å². The van der Waals surface area contributed by atoms with E-state index in [9.17, 15) is 4.39 Å². The fourth-order valence-electron chi connectivity index (χ4n) is 2.82. The van der Waals surface area contributed by atoms with Crippen LogP contribution in [0, 0.1) is 5.82 Å². The Bertz CT molecular complexity index is 1100. The third-order valence-electron chi connectivity index (χ3n) is 4.31. The van der Waals surface area contributed by atoms with Crippen LogP contribution in [0.1, 0.15) is 5.56 Å². The average Bonchev–Trinajstić information content (AvgIpc) is 3.18. The number of benzene rings is 2. The van der Waals surface area contributed by atoms with E-state index in [4.69, 9.17) is 16.3 Å². The third kappa shape index (κ3) is 4.11. The maximum absolute atomic E-state index is 14.2. The summed E-state index contributed by atoms with van der Waals surface area (Å²) < 4.78 is 21.3. The van der Waals surface area contributed by atoms with E-state index in [1.807, 2.05) is 41.0 Å². The minimum Gasteiger partial charge on any atom is -0.497 e. The van der Waals surface area contributed by atoms with Crippen molar-refractivity contribution in [3.8, 4) is 22.8 Å². The van der Waals surface area contributed by atoms with Crippen LogP contribution in [0.3, 0.4) is 0 Å². The molecule has 0 bridgehead atoms. The van der Waals surface area contributed by atoms with E-state index < -0.39 is 0 Å². The van der Waals surface area contributed by atoms with Crippen molar-refractivity contribution in [2.45, 2.75) is 10.9 Å². The summed E-state index contributed by atoms with van der Waals surface area (Å²) in [6, 6.07) is 16.0. The van der Waals surface area contributed by atoms with E-state index in [1.165, 1.54) is 17.8 Å². The van der Waals surface area contributed by atoms with Gasteiger partial charge in [0.25, 0.3) is 0 Å². The van der Waals surface area contributed by atoms with Gasteiger partial charge in [-0.3, -0.25) is 9.55 Å². The lowest BCUT2D eigenvalue weighted by molar-refractivity contribution is 0.414. The molecule has 0 N–H and O–H groups in total. The van der Waals surface area contributed by atoms with Crippen LogP contribution < -0.4 is 4.74 Å². The maximum atomic E-state index is 14.2. The van der Waals surface area contributed by atoms with E-state index in [-0.39, 0.29) is 5.82 Å². The first-order valence-corrected chi connectivity index (χ1v) is 10.1. The number of aromatic nitrogens is 4. The molecule has 5 nitrogen and oxygen atoms in total. The molecule has 29 heavy (non-hydrogen) atoms. The number of methoxy groups -OCH3 is 1. The minimum absolute atomic E-state index is 0.330. The van der Waals surface area contributed by atoms with Crippen molar-refractivity contribution < 1.29 is 9.13 Å². The van der Waals surface area contributed by atoms with Gasteiger partial charge in [0.15, 0.2) is 11.0 Å². The Labute approximate surface area is 176 Å². The standard InChI is InChI=1S/C21H16ClFN4OS/c1-28-16-7-5-15(6-8-16)27-20(14-9-11-24-12-10-14)25-26-21(27)29-13-17-18(22)3-2-4-19(17)23/h2-12H,13H2,1H3. The van der Waals surface area contributed by atoms with Crippen molar-refractivity contribution in [2.24, 2.45) is 0 Å². The number of rotatable bonds is 6. The minimum atomic E-state index is -0.338.